The predicted molar refractivity (Wildman–Crippen MR) is 56.0 cm³/mol. The Morgan fingerprint density at radius 1 is 1.17 bits per heavy atom. The van der Waals surface area contributed by atoms with Crippen LogP contribution in [-0.4, -0.2) is 0 Å². The van der Waals surface area contributed by atoms with Gasteiger partial charge in [-0.1, -0.05) is 37.3 Å². The van der Waals surface area contributed by atoms with Gasteiger partial charge in [0.1, 0.15) is 0 Å². The van der Waals surface area contributed by atoms with Gasteiger partial charge >= 0.3 is 0 Å². The summed E-state index contributed by atoms with van der Waals surface area (Å²) in [5.41, 5.74) is 1.36. The Balaban J connectivity index is 3.29. The number of hydrogen-bond acceptors (Lipinski definition) is 0. The summed E-state index contributed by atoms with van der Waals surface area (Å²) in [5, 5.41) is 0. The van der Waals surface area contributed by atoms with Crippen LogP contribution in [-0.2, 0) is 0 Å². The second-order valence-electron chi connectivity index (χ2n) is 3.30. The highest BCUT2D eigenvalue weighted by Crippen LogP contribution is 1.97. The predicted octanol–water partition coefficient (Wildman–Crippen LogP) is 3.93. The highest BCUT2D eigenvalue weighted by atomic mass is 13.9. The summed E-state index contributed by atoms with van der Waals surface area (Å²) >= 11 is 0. The first-order valence-electron chi connectivity index (χ1n) is 4.86. The minimum Gasteiger partial charge on any atom is -0.103 e. The quantitative estimate of drug-likeness (QED) is 0.335. The molecule has 0 amide bonds. The summed E-state index contributed by atoms with van der Waals surface area (Å²) < 4.78 is 0. The van der Waals surface area contributed by atoms with E-state index < -0.39 is 0 Å². The minimum atomic E-state index is 0.925. The Morgan fingerprint density at radius 2 is 1.92 bits per heavy atom. The molecule has 0 aliphatic heterocycles. The molecule has 68 valence electrons. The summed E-state index contributed by atoms with van der Waals surface area (Å²) in [5.74, 6) is 6.33. The molecule has 0 saturated heterocycles. The van der Waals surface area contributed by atoms with Crippen molar-refractivity contribution in [3.8, 4) is 11.8 Å². The lowest BCUT2D eigenvalue weighted by Crippen LogP contribution is -1.71. The van der Waals surface area contributed by atoms with E-state index in [4.69, 9.17) is 0 Å². The molecule has 0 saturated carbocycles. The van der Waals surface area contributed by atoms with Gasteiger partial charge in [-0.25, -0.2) is 0 Å². The zero-order valence-corrected chi connectivity index (χ0v) is 8.61. The molecular weight excluding hydrogens is 144 g/mol. The number of allylic oxidation sites excluding steroid dienone is 2. The van der Waals surface area contributed by atoms with Gasteiger partial charge in [0.2, 0.25) is 0 Å². The summed E-state index contributed by atoms with van der Waals surface area (Å²) in [4.78, 5) is 0. The van der Waals surface area contributed by atoms with Crippen LogP contribution >= 0.6 is 0 Å². The third-order valence-electron chi connectivity index (χ3n) is 1.64. The zero-order valence-electron chi connectivity index (χ0n) is 8.61. The first-order chi connectivity index (χ1) is 5.77. The summed E-state index contributed by atoms with van der Waals surface area (Å²) in [6.45, 7) is 6.44. The fourth-order valence-corrected chi connectivity index (χ4v) is 0.879. The summed E-state index contributed by atoms with van der Waals surface area (Å²) in [6.07, 6.45) is 8.04. The molecule has 0 heteroatoms. The molecule has 0 aromatic rings. The highest BCUT2D eigenvalue weighted by Gasteiger charge is 1.80. The number of rotatable bonds is 4. The van der Waals surface area contributed by atoms with Crippen molar-refractivity contribution in [1.29, 1.82) is 0 Å². The van der Waals surface area contributed by atoms with E-state index in [1.54, 1.807) is 0 Å². The fourth-order valence-electron chi connectivity index (χ4n) is 0.879. The molecule has 0 heterocycles. The maximum atomic E-state index is 3.18. The van der Waals surface area contributed by atoms with Crippen molar-refractivity contribution in [1.82, 2.24) is 0 Å². The second-order valence-corrected chi connectivity index (χ2v) is 3.30. The molecule has 0 bridgehead atoms. The smallest absolute Gasteiger partial charge is 0.0272 e. The average molecular weight is 164 g/mol. The van der Waals surface area contributed by atoms with E-state index in [1.165, 1.54) is 24.8 Å². The molecule has 0 N–H and O–H groups in total. The van der Waals surface area contributed by atoms with E-state index in [0.717, 1.165) is 12.8 Å². The van der Waals surface area contributed by atoms with Crippen LogP contribution in [0.25, 0.3) is 0 Å². The fraction of sp³-hybridized carbons (Fsp3) is 0.667. The van der Waals surface area contributed by atoms with Gasteiger partial charge in [0.25, 0.3) is 0 Å². The van der Waals surface area contributed by atoms with Crippen LogP contribution in [0.4, 0.5) is 0 Å². The van der Waals surface area contributed by atoms with E-state index in [2.05, 4.69) is 38.7 Å². The second kappa shape index (κ2) is 8.40. The third kappa shape index (κ3) is 9.30. The van der Waals surface area contributed by atoms with Crippen molar-refractivity contribution in [3.63, 3.8) is 0 Å². The monoisotopic (exact) mass is 164 g/mol. The lowest BCUT2D eigenvalue weighted by atomic mass is 10.2. The molecule has 0 aliphatic carbocycles. The van der Waals surface area contributed by atoms with Gasteiger partial charge in [0.05, 0.1) is 0 Å². The lowest BCUT2D eigenvalue weighted by Gasteiger charge is -1.88. The molecule has 0 aromatic heterocycles. The normalized spacial score (nSPS) is 8.58. The van der Waals surface area contributed by atoms with Crippen molar-refractivity contribution in [2.45, 2.75) is 52.9 Å². The number of hydrogen-bond donors (Lipinski definition) is 0. The van der Waals surface area contributed by atoms with Crippen molar-refractivity contribution in [2.75, 3.05) is 0 Å². The Labute approximate surface area is 77.1 Å². The Kier molecular flexibility index (Phi) is 7.91. The largest absolute Gasteiger partial charge is 0.103 e. The van der Waals surface area contributed by atoms with Gasteiger partial charge in [0.15, 0.2) is 0 Å². The van der Waals surface area contributed by atoms with E-state index in [-0.39, 0.29) is 0 Å². The van der Waals surface area contributed by atoms with Crippen LogP contribution in [0.3, 0.4) is 0 Å². The van der Waals surface area contributed by atoms with E-state index >= 15 is 0 Å². The SMILES string of the molecule is CCCCCC#CCC=C(C)C. The van der Waals surface area contributed by atoms with Crippen LogP contribution in [0.15, 0.2) is 11.6 Å². The molecule has 0 spiro atoms. The molecule has 0 rings (SSSR count). The van der Waals surface area contributed by atoms with Crippen LogP contribution in [0, 0.1) is 11.8 Å². The van der Waals surface area contributed by atoms with Crippen molar-refractivity contribution >= 4 is 0 Å². The van der Waals surface area contributed by atoms with E-state index in [0.29, 0.717) is 0 Å². The van der Waals surface area contributed by atoms with Gasteiger partial charge in [-0.3, -0.25) is 0 Å². The van der Waals surface area contributed by atoms with Crippen molar-refractivity contribution in [2.24, 2.45) is 0 Å². The molecule has 0 fully saturated rings. The molecule has 0 aromatic carbocycles. The topological polar surface area (TPSA) is 0 Å². The molecular formula is C12H20. The van der Waals surface area contributed by atoms with Gasteiger partial charge in [-0.2, -0.15) is 0 Å². The third-order valence-corrected chi connectivity index (χ3v) is 1.64. The van der Waals surface area contributed by atoms with Crippen molar-refractivity contribution < 1.29 is 0 Å². The van der Waals surface area contributed by atoms with Gasteiger partial charge < -0.3 is 0 Å². The summed E-state index contributed by atoms with van der Waals surface area (Å²) in [7, 11) is 0. The molecule has 0 unspecified atom stereocenters. The first kappa shape index (κ1) is 11.3. The van der Waals surface area contributed by atoms with Crippen LogP contribution in [0.2, 0.25) is 0 Å². The Hall–Kier alpha value is -0.700. The van der Waals surface area contributed by atoms with Gasteiger partial charge in [0, 0.05) is 12.8 Å². The van der Waals surface area contributed by atoms with Crippen LogP contribution in [0.5, 0.6) is 0 Å². The zero-order chi connectivity index (χ0) is 9.23. The standard InChI is InChI=1S/C12H20/c1-4-5-6-7-8-9-10-11-12(2)3/h11H,4-7,10H2,1-3H3. The van der Waals surface area contributed by atoms with Gasteiger partial charge in [-0.15, -0.1) is 5.92 Å². The van der Waals surface area contributed by atoms with Crippen molar-refractivity contribution in [3.05, 3.63) is 11.6 Å². The molecule has 0 nitrogen and oxygen atoms in total. The molecule has 0 aliphatic rings. The highest BCUT2D eigenvalue weighted by molar-refractivity contribution is 5.07. The first-order valence-corrected chi connectivity index (χ1v) is 4.86. The Morgan fingerprint density at radius 3 is 2.50 bits per heavy atom. The minimum absolute atomic E-state index is 0.925. The summed E-state index contributed by atoms with van der Waals surface area (Å²) in [6, 6.07) is 0. The van der Waals surface area contributed by atoms with Crippen LogP contribution < -0.4 is 0 Å². The number of unbranched alkanes of at least 4 members (excludes halogenated alkanes) is 3. The molecule has 0 radical (unpaired) electrons. The average Bonchev–Trinajstić information content (AvgIpc) is 2.02. The van der Waals surface area contributed by atoms with E-state index in [1.807, 2.05) is 0 Å². The maximum absolute atomic E-state index is 3.18. The molecule has 0 atom stereocenters. The van der Waals surface area contributed by atoms with Gasteiger partial charge in [-0.05, 0) is 20.3 Å². The maximum Gasteiger partial charge on any atom is 0.0272 e. The van der Waals surface area contributed by atoms with Crippen LogP contribution in [0.1, 0.15) is 52.9 Å². The lowest BCUT2D eigenvalue weighted by molar-refractivity contribution is 0.737. The Bertz CT molecular complexity index is 172. The molecule has 12 heavy (non-hydrogen) atoms. The van der Waals surface area contributed by atoms with E-state index in [9.17, 15) is 0 Å².